The highest BCUT2D eigenvalue weighted by molar-refractivity contribution is 5.37. The highest BCUT2D eigenvalue weighted by Gasteiger charge is 2.72. The number of hydrogen-bond donors (Lipinski definition) is 11. The van der Waals surface area contributed by atoms with Crippen LogP contribution in [-0.4, -0.2) is 180 Å². The zero-order valence-corrected chi connectivity index (χ0v) is 39.6. The van der Waals surface area contributed by atoms with Crippen LogP contribution in [0.3, 0.4) is 0 Å². The van der Waals surface area contributed by atoms with Gasteiger partial charge in [-0.2, -0.15) is 0 Å². The lowest BCUT2D eigenvalue weighted by Gasteiger charge is -2.73. The Kier molecular flexibility index (Phi) is 13.8. The lowest BCUT2D eigenvalue weighted by atomic mass is 9.32. The van der Waals surface area contributed by atoms with Crippen molar-refractivity contribution in [1.82, 2.24) is 0 Å². The molecule has 0 aromatic carbocycles. The van der Waals surface area contributed by atoms with Crippen molar-refractivity contribution in [2.24, 2.45) is 56.7 Å². The second-order valence-corrected chi connectivity index (χ2v) is 23.2. The van der Waals surface area contributed by atoms with Crippen molar-refractivity contribution in [3.05, 3.63) is 11.6 Å². The highest BCUT2D eigenvalue weighted by atomic mass is 16.8. The topological polar surface area (TPSA) is 278 Å². The van der Waals surface area contributed by atoms with Gasteiger partial charge in [0.2, 0.25) is 0 Å². The second kappa shape index (κ2) is 17.7. The van der Waals surface area contributed by atoms with Gasteiger partial charge in [0.1, 0.15) is 61.0 Å². The molecule has 0 amide bonds. The molecule has 0 bridgehead atoms. The van der Waals surface area contributed by atoms with Gasteiger partial charge in [-0.05, 0) is 104 Å². The fraction of sp³-hybridized carbons (Fsp3) is 0.958. The minimum absolute atomic E-state index is 0.0363. The van der Waals surface area contributed by atoms with Crippen molar-refractivity contribution in [1.29, 1.82) is 0 Å². The molecular weight excluding hydrogens is 849 g/mol. The molecule has 8 aliphatic rings. The minimum atomic E-state index is -1.81. The molecule has 17 heteroatoms. The Morgan fingerprint density at radius 1 is 0.631 bits per heavy atom. The Bertz CT molecular complexity index is 1730. The van der Waals surface area contributed by atoms with Gasteiger partial charge < -0.3 is 84.6 Å². The van der Waals surface area contributed by atoms with Crippen molar-refractivity contribution in [3.63, 3.8) is 0 Å². The van der Waals surface area contributed by atoms with Crippen LogP contribution in [0.1, 0.15) is 107 Å². The SMILES string of the molecule is C[C@H]1[C@H](C)CC[C@]2(CO)[C@H](O)C[C@]3(C)C(=C[C@@H](O)[C@@H]4[C@@]5(C)CC[C@H](O[C@@H]6O[C@H](C)[C@H](O)[C@H](O)[C@H]6O[C@@H]6O[C@H](CO)[C@@H](O)[C@H](O)[C@H]6O[C@@H]6O[C@@H](C)[C@H](O)[C@@H](O)[C@H]6O)C(C)(C)[C@@H]5CC[C@]43C)[C@H]12. The molecule has 0 aromatic heterocycles. The smallest absolute Gasteiger partial charge is 0.187 e. The first-order valence-electron chi connectivity index (χ1n) is 24.3. The van der Waals surface area contributed by atoms with Crippen LogP contribution < -0.4 is 0 Å². The summed E-state index contributed by atoms with van der Waals surface area (Å²) in [7, 11) is 0. The average molecular weight is 929 g/mol. The fourth-order valence-electron chi connectivity index (χ4n) is 15.5. The van der Waals surface area contributed by atoms with Gasteiger partial charge in [0, 0.05) is 11.3 Å². The van der Waals surface area contributed by atoms with Crippen LogP contribution in [-0.2, 0) is 28.4 Å². The molecule has 0 aromatic rings. The van der Waals surface area contributed by atoms with Crippen molar-refractivity contribution in [2.45, 2.75) is 218 Å². The predicted molar refractivity (Wildman–Crippen MR) is 230 cm³/mol. The number of allylic oxidation sites excluding steroid dienone is 1. The Balaban J connectivity index is 1.06. The quantitative estimate of drug-likeness (QED) is 0.117. The van der Waals surface area contributed by atoms with Gasteiger partial charge in [0.25, 0.3) is 0 Å². The van der Waals surface area contributed by atoms with Gasteiger partial charge in [-0.1, -0.05) is 60.1 Å². The van der Waals surface area contributed by atoms with Crippen molar-refractivity contribution in [2.75, 3.05) is 13.2 Å². The van der Waals surface area contributed by atoms with Crippen LogP contribution in [0.25, 0.3) is 0 Å². The van der Waals surface area contributed by atoms with E-state index in [0.29, 0.717) is 25.2 Å². The van der Waals surface area contributed by atoms with E-state index in [1.807, 2.05) is 0 Å². The van der Waals surface area contributed by atoms with Gasteiger partial charge >= 0.3 is 0 Å². The largest absolute Gasteiger partial charge is 0.396 e. The molecule has 0 unspecified atom stereocenters. The Labute approximate surface area is 383 Å². The summed E-state index contributed by atoms with van der Waals surface area (Å²) in [5, 5.41) is 122. The first-order valence-corrected chi connectivity index (χ1v) is 24.3. The normalized spacial score (nSPS) is 57.8. The maximum atomic E-state index is 12.6. The summed E-state index contributed by atoms with van der Waals surface area (Å²) in [6.45, 7) is 17.9. The minimum Gasteiger partial charge on any atom is -0.396 e. The number of ether oxygens (including phenoxy) is 6. The van der Waals surface area contributed by atoms with Crippen LogP contribution in [0.15, 0.2) is 11.6 Å². The number of aliphatic hydroxyl groups is 11. The summed E-state index contributed by atoms with van der Waals surface area (Å²) in [4.78, 5) is 0. The third-order valence-corrected chi connectivity index (χ3v) is 19.7. The first kappa shape index (κ1) is 50.4. The summed E-state index contributed by atoms with van der Waals surface area (Å²) in [6, 6.07) is 0. The Morgan fingerprint density at radius 3 is 1.85 bits per heavy atom. The molecule has 5 aliphatic carbocycles. The van der Waals surface area contributed by atoms with Crippen molar-refractivity contribution >= 4 is 0 Å². The molecule has 11 N–H and O–H groups in total. The van der Waals surface area contributed by atoms with Gasteiger partial charge in [-0.15, -0.1) is 0 Å². The van der Waals surface area contributed by atoms with E-state index < -0.39 is 133 Å². The second-order valence-electron chi connectivity index (χ2n) is 23.2. The average Bonchev–Trinajstić information content (AvgIpc) is 3.24. The van der Waals surface area contributed by atoms with E-state index in [4.69, 9.17) is 28.4 Å². The zero-order valence-electron chi connectivity index (χ0n) is 39.6. The molecule has 0 radical (unpaired) electrons. The van der Waals surface area contributed by atoms with E-state index in [0.717, 1.165) is 25.7 Å². The highest BCUT2D eigenvalue weighted by Crippen LogP contribution is 2.76. The molecule has 17 nitrogen and oxygen atoms in total. The molecule has 374 valence electrons. The van der Waals surface area contributed by atoms with Crippen LogP contribution >= 0.6 is 0 Å². The first-order chi connectivity index (χ1) is 30.3. The lowest BCUT2D eigenvalue weighted by molar-refractivity contribution is -0.396. The standard InChI is InChI=1S/C48H80O17/c1-20-10-15-48(19-50)28(52)17-47(9)24(30(48)21(20)2)16-25(51)40-45(7)13-12-29(44(5,6)27(45)11-14-46(40,47)8)63-42-38(35(57)32(54)23(4)61-42)65-43-39(36(58)33(55)26(18-49)62-43)64-41-37(59)34(56)31(53)22(3)60-41/h16,20-23,25-43,49-59H,10-15,17-19H2,1-9H3/t20-,21+,22+,23-,25-,26-,27+,28-,29+,30+,31+,32+,33-,34-,35+,36+,37-,38-,39-,40-,41+,42+,43+,45+,46-,47-,48+/m1/s1. The number of hydrogen-bond acceptors (Lipinski definition) is 17. The van der Waals surface area contributed by atoms with Gasteiger partial charge in [-0.25, -0.2) is 0 Å². The fourth-order valence-corrected chi connectivity index (χ4v) is 15.5. The number of rotatable bonds is 8. The molecule has 65 heavy (non-hydrogen) atoms. The molecule has 7 fully saturated rings. The number of aliphatic hydroxyl groups excluding tert-OH is 11. The van der Waals surface area contributed by atoms with E-state index in [9.17, 15) is 56.2 Å². The third-order valence-electron chi connectivity index (χ3n) is 19.7. The monoisotopic (exact) mass is 929 g/mol. The van der Waals surface area contributed by atoms with Gasteiger partial charge in [0.05, 0.1) is 43.7 Å². The van der Waals surface area contributed by atoms with E-state index in [1.165, 1.54) is 12.5 Å². The predicted octanol–water partition coefficient (Wildman–Crippen LogP) is 0.467. The van der Waals surface area contributed by atoms with Crippen molar-refractivity contribution in [3.8, 4) is 0 Å². The molecule has 3 saturated heterocycles. The molecule has 27 atom stereocenters. The maximum Gasteiger partial charge on any atom is 0.187 e. The number of fused-ring (bicyclic) bond motifs is 7. The molecule has 4 saturated carbocycles. The van der Waals surface area contributed by atoms with E-state index in [1.54, 1.807) is 6.92 Å². The summed E-state index contributed by atoms with van der Waals surface area (Å²) < 4.78 is 37.0. The van der Waals surface area contributed by atoms with E-state index >= 15 is 0 Å². The van der Waals surface area contributed by atoms with Crippen LogP contribution in [0.2, 0.25) is 0 Å². The third kappa shape index (κ3) is 7.58. The molecule has 0 spiro atoms. The van der Waals surface area contributed by atoms with Crippen LogP contribution in [0, 0.1) is 56.7 Å². The maximum absolute atomic E-state index is 12.6. The summed E-state index contributed by atoms with van der Waals surface area (Å²) in [5.41, 5.74) is -1.17. The molecule has 3 heterocycles. The van der Waals surface area contributed by atoms with Crippen LogP contribution in [0.5, 0.6) is 0 Å². The summed E-state index contributed by atoms with van der Waals surface area (Å²) in [5.74, 6) is 0.463. The molecular formula is C48H80O17. The van der Waals surface area contributed by atoms with E-state index in [2.05, 4.69) is 54.5 Å². The van der Waals surface area contributed by atoms with Gasteiger partial charge in [0.15, 0.2) is 18.9 Å². The molecule has 8 rings (SSSR count). The van der Waals surface area contributed by atoms with Crippen molar-refractivity contribution < 1.29 is 84.6 Å². The van der Waals surface area contributed by atoms with Crippen LogP contribution in [0.4, 0.5) is 0 Å². The molecule has 3 aliphatic heterocycles. The summed E-state index contributed by atoms with van der Waals surface area (Å²) >= 11 is 0. The Morgan fingerprint density at radius 2 is 1.22 bits per heavy atom. The summed E-state index contributed by atoms with van der Waals surface area (Å²) in [6.07, 6.45) is -17.4. The van der Waals surface area contributed by atoms with E-state index in [-0.39, 0.29) is 41.1 Å². The Hall–Kier alpha value is -0.940. The lowest BCUT2D eigenvalue weighted by Crippen LogP contribution is -2.70. The zero-order chi connectivity index (χ0) is 47.7. The van der Waals surface area contributed by atoms with Gasteiger partial charge in [-0.3, -0.25) is 0 Å².